The molecule has 2 fully saturated rings. The monoisotopic (exact) mass is 816 g/mol. The van der Waals surface area contributed by atoms with E-state index in [1.54, 1.807) is 65.0 Å². The summed E-state index contributed by atoms with van der Waals surface area (Å²) in [6.45, 7) is 8.47. The first kappa shape index (κ1) is 43.2. The number of ether oxygens (including phenoxy) is 6. The van der Waals surface area contributed by atoms with Crippen molar-refractivity contribution in [1.82, 2.24) is 10.6 Å². The van der Waals surface area contributed by atoms with Crippen LogP contribution >= 0.6 is 0 Å². The van der Waals surface area contributed by atoms with Crippen LogP contribution in [-0.4, -0.2) is 102 Å². The van der Waals surface area contributed by atoms with Crippen LogP contribution in [0.2, 0.25) is 0 Å². The molecule has 1 spiro atoms. The minimum atomic E-state index is -1.07. The number of fused-ring (bicyclic) bond motifs is 2. The van der Waals surface area contributed by atoms with E-state index in [1.807, 2.05) is 24.3 Å². The molecule has 2 heterocycles. The molecule has 2 aliphatic heterocycles. The molecular weight excluding hydrogens is 764 g/mol. The fourth-order valence-corrected chi connectivity index (χ4v) is 7.54. The van der Waals surface area contributed by atoms with Crippen molar-refractivity contribution >= 4 is 41.8 Å². The highest BCUT2D eigenvalue weighted by Crippen LogP contribution is 2.45. The van der Waals surface area contributed by atoms with E-state index in [9.17, 15) is 33.9 Å². The number of carbonyl (C=O) groups is 6. The van der Waals surface area contributed by atoms with E-state index >= 15 is 0 Å². The molecule has 15 nitrogen and oxygen atoms in total. The molecule has 4 aliphatic rings. The molecule has 2 aromatic carbocycles. The Morgan fingerprint density at radius 3 is 2.32 bits per heavy atom. The summed E-state index contributed by atoms with van der Waals surface area (Å²) in [7, 11) is 0. The van der Waals surface area contributed by atoms with Crippen LogP contribution in [-0.2, 0) is 65.2 Å². The van der Waals surface area contributed by atoms with E-state index < -0.39 is 83.0 Å². The van der Waals surface area contributed by atoms with Crippen molar-refractivity contribution in [2.45, 2.75) is 115 Å². The summed E-state index contributed by atoms with van der Waals surface area (Å²) in [6.07, 6.45) is 1.66. The Balaban J connectivity index is 1.11. The molecule has 5 atom stereocenters. The van der Waals surface area contributed by atoms with Crippen molar-refractivity contribution in [3.63, 3.8) is 0 Å². The maximum absolute atomic E-state index is 13.9. The first-order chi connectivity index (χ1) is 27.9. The molecule has 0 bridgehead atoms. The number of hydrogen-bond acceptors (Lipinski definition) is 13. The average molecular weight is 817 g/mol. The van der Waals surface area contributed by atoms with Gasteiger partial charge in [0.15, 0.2) is 5.79 Å². The Morgan fingerprint density at radius 2 is 1.66 bits per heavy atom. The predicted molar refractivity (Wildman–Crippen MR) is 210 cm³/mol. The van der Waals surface area contributed by atoms with Crippen LogP contribution < -0.4 is 10.6 Å². The summed E-state index contributed by atoms with van der Waals surface area (Å²) in [4.78, 5) is 77.2. The number of carbonyl (C=O) groups excluding carboxylic acids is 6. The number of amides is 2. The van der Waals surface area contributed by atoms with Crippen molar-refractivity contribution < 1.29 is 62.3 Å². The Labute approximate surface area is 342 Å². The number of benzene rings is 2. The number of aliphatic hydroxyl groups excluding tert-OH is 1. The van der Waals surface area contributed by atoms with Gasteiger partial charge in [0.2, 0.25) is 17.9 Å². The van der Waals surface area contributed by atoms with Gasteiger partial charge in [0, 0.05) is 55.7 Å². The molecule has 0 saturated carbocycles. The smallest absolute Gasteiger partial charge is 0.348 e. The molecular formula is C44H52N2O13. The third-order valence-corrected chi connectivity index (χ3v) is 10.4. The van der Waals surface area contributed by atoms with Crippen molar-refractivity contribution in [2.24, 2.45) is 5.41 Å². The van der Waals surface area contributed by atoms with Crippen molar-refractivity contribution in [3.05, 3.63) is 88.5 Å². The standard InChI is InChI=1S/C44H52N2O13/c1-42(2,3)58-36(50)17-15-30(24-47)46-34(48)18-19-45-39(51)29-20-32(37-33(21-29)57-44(59-37)22-27-11-6-7-12-28(27)23-44)55-40(52)31-13-9-8-10-26(31)14-16-35(49)56-38-41(53)54-25-43(38,4)5/h6-14,16,21,30,32-33,37-38,47H,15,17-20,22-25H2,1-5H3,(H,45,51)(H,46,48)/t30-,32+,33+,37-,38-/m0/s1. The van der Waals surface area contributed by atoms with Gasteiger partial charge in [0.25, 0.3) is 0 Å². The summed E-state index contributed by atoms with van der Waals surface area (Å²) in [6, 6.07) is 13.7. The summed E-state index contributed by atoms with van der Waals surface area (Å²) in [5, 5.41) is 15.2. The SMILES string of the molecule is CC(C)(C)OC(=O)CC[C@@H](CO)NC(=O)CCNC(=O)C1=C[C@H]2OC3(Cc4ccccc4C3)O[C@H]2[C@H](OC(=O)c2ccccc2C=CC(=O)O[C@H]2C(=O)OCC2(C)C)C1. The van der Waals surface area contributed by atoms with Crippen LogP contribution in [0.4, 0.5) is 0 Å². The van der Waals surface area contributed by atoms with E-state index in [-0.39, 0.29) is 56.6 Å². The first-order valence-electron chi connectivity index (χ1n) is 19.8. The van der Waals surface area contributed by atoms with Crippen molar-refractivity contribution in [3.8, 4) is 0 Å². The lowest BCUT2D eigenvalue weighted by atomic mass is 9.90. The van der Waals surface area contributed by atoms with Crippen LogP contribution in [0.15, 0.2) is 66.3 Å². The topological polar surface area (TPSA) is 202 Å². The van der Waals surface area contributed by atoms with E-state index in [2.05, 4.69) is 10.6 Å². The van der Waals surface area contributed by atoms with Gasteiger partial charge >= 0.3 is 23.9 Å². The molecule has 0 unspecified atom stereocenters. The molecule has 6 rings (SSSR count). The van der Waals surface area contributed by atoms with E-state index in [1.165, 1.54) is 6.08 Å². The van der Waals surface area contributed by atoms with Gasteiger partial charge in [-0.15, -0.1) is 0 Å². The molecule has 2 aliphatic carbocycles. The van der Waals surface area contributed by atoms with Gasteiger partial charge in [0.05, 0.1) is 18.2 Å². The molecule has 0 aromatic heterocycles. The largest absolute Gasteiger partial charge is 0.462 e. The second kappa shape index (κ2) is 17.9. The van der Waals surface area contributed by atoms with Gasteiger partial charge in [-0.05, 0) is 62.1 Å². The molecule has 59 heavy (non-hydrogen) atoms. The zero-order valence-corrected chi connectivity index (χ0v) is 33.9. The number of cyclic esters (lactones) is 1. The van der Waals surface area contributed by atoms with Gasteiger partial charge < -0.3 is 44.2 Å². The van der Waals surface area contributed by atoms with Gasteiger partial charge in [-0.25, -0.2) is 14.4 Å². The van der Waals surface area contributed by atoms with Gasteiger partial charge in [-0.2, -0.15) is 0 Å². The number of aliphatic hydroxyl groups is 1. The maximum Gasteiger partial charge on any atom is 0.348 e. The Kier molecular flexibility index (Phi) is 13.1. The fraction of sp³-hybridized carbons (Fsp3) is 0.500. The summed E-state index contributed by atoms with van der Waals surface area (Å²) in [5.74, 6) is -4.54. The van der Waals surface area contributed by atoms with Crippen LogP contribution in [0, 0.1) is 5.41 Å². The predicted octanol–water partition coefficient (Wildman–Crippen LogP) is 3.43. The third-order valence-electron chi connectivity index (χ3n) is 10.4. The highest BCUT2D eigenvalue weighted by molar-refractivity contribution is 5.97. The maximum atomic E-state index is 13.9. The Morgan fingerprint density at radius 1 is 0.966 bits per heavy atom. The minimum absolute atomic E-state index is 0.00993. The molecule has 3 N–H and O–H groups in total. The lowest BCUT2D eigenvalue weighted by molar-refractivity contribution is -0.172. The number of rotatable bonds is 14. The summed E-state index contributed by atoms with van der Waals surface area (Å²) in [5.41, 5.74) is 1.55. The normalized spacial score (nSPS) is 23.1. The van der Waals surface area contributed by atoms with Crippen LogP contribution in [0.5, 0.6) is 0 Å². The first-order valence-corrected chi connectivity index (χ1v) is 19.8. The fourth-order valence-electron chi connectivity index (χ4n) is 7.54. The second-order valence-electron chi connectivity index (χ2n) is 16.9. The Hall–Kier alpha value is -5.38. The average Bonchev–Trinajstić information content (AvgIpc) is 3.81. The summed E-state index contributed by atoms with van der Waals surface area (Å²) >= 11 is 0. The molecule has 2 saturated heterocycles. The molecule has 15 heteroatoms. The molecule has 2 amide bonds. The lowest BCUT2D eigenvalue weighted by Gasteiger charge is -2.30. The van der Waals surface area contributed by atoms with Gasteiger partial charge in [0.1, 0.15) is 30.5 Å². The van der Waals surface area contributed by atoms with Crippen LogP contribution in [0.1, 0.15) is 87.4 Å². The van der Waals surface area contributed by atoms with E-state index in [4.69, 9.17) is 28.4 Å². The highest BCUT2D eigenvalue weighted by atomic mass is 16.8. The third kappa shape index (κ3) is 10.8. The zero-order chi connectivity index (χ0) is 42.5. The zero-order valence-electron chi connectivity index (χ0n) is 33.9. The van der Waals surface area contributed by atoms with Crippen molar-refractivity contribution in [1.29, 1.82) is 0 Å². The lowest BCUT2D eigenvalue weighted by Crippen LogP contribution is -2.44. The molecule has 0 radical (unpaired) electrons. The number of hydrogen-bond donors (Lipinski definition) is 3. The van der Waals surface area contributed by atoms with Crippen LogP contribution in [0.25, 0.3) is 6.08 Å². The number of esters is 4. The quantitative estimate of drug-likeness (QED) is 0.142. The van der Waals surface area contributed by atoms with E-state index in [0.717, 1.165) is 17.2 Å². The molecule has 316 valence electrons. The van der Waals surface area contributed by atoms with Gasteiger partial charge in [-0.1, -0.05) is 56.3 Å². The second-order valence-corrected chi connectivity index (χ2v) is 16.9. The van der Waals surface area contributed by atoms with Gasteiger partial charge in [-0.3, -0.25) is 14.4 Å². The van der Waals surface area contributed by atoms with Crippen molar-refractivity contribution in [2.75, 3.05) is 19.8 Å². The Bertz CT molecular complexity index is 1990. The minimum Gasteiger partial charge on any atom is -0.462 e. The summed E-state index contributed by atoms with van der Waals surface area (Å²) < 4.78 is 35.0. The van der Waals surface area contributed by atoms with E-state index in [0.29, 0.717) is 18.4 Å². The highest BCUT2D eigenvalue weighted by Gasteiger charge is 2.55. The van der Waals surface area contributed by atoms with Crippen LogP contribution in [0.3, 0.4) is 0 Å². The number of nitrogens with one attached hydrogen (secondary N) is 2. The molecule has 2 aromatic rings.